The standard InChI is InChI=1S/C14H26N2O/c1-14(7-3-2-4-8-14)11-15-10-13(17)16-9-12-5-6-12/h12,15H,2-11H2,1H3,(H,16,17). The normalized spacial score (nSPS) is 23.4. The lowest BCUT2D eigenvalue weighted by Gasteiger charge is -2.33. The zero-order valence-electron chi connectivity index (χ0n) is 11.1. The second kappa shape index (κ2) is 5.85. The summed E-state index contributed by atoms with van der Waals surface area (Å²) in [5, 5.41) is 6.32. The number of hydrogen-bond acceptors (Lipinski definition) is 2. The van der Waals surface area contributed by atoms with Crippen LogP contribution in [-0.4, -0.2) is 25.5 Å². The first-order chi connectivity index (χ1) is 8.18. The largest absolute Gasteiger partial charge is 0.355 e. The highest BCUT2D eigenvalue weighted by atomic mass is 16.1. The Balaban J connectivity index is 1.55. The van der Waals surface area contributed by atoms with Gasteiger partial charge >= 0.3 is 0 Å². The molecule has 0 heterocycles. The maximum Gasteiger partial charge on any atom is 0.233 e. The molecule has 2 N–H and O–H groups in total. The fourth-order valence-corrected chi connectivity index (χ4v) is 2.70. The summed E-state index contributed by atoms with van der Waals surface area (Å²) in [5.74, 6) is 0.936. The summed E-state index contributed by atoms with van der Waals surface area (Å²) in [7, 11) is 0. The highest BCUT2D eigenvalue weighted by Crippen LogP contribution is 2.34. The number of rotatable bonds is 6. The van der Waals surface area contributed by atoms with E-state index in [2.05, 4.69) is 17.6 Å². The topological polar surface area (TPSA) is 41.1 Å². The Labute approximate surface area is 105 Å². The fraction of sp³-hybridized carbons (Fsp3) is 0.929. The van der Waals surface area contributed by atoms with Crippen LogP contribution in [0.3, 0.4) is 0 Å². The van der Waals surface area contributed by atoms with Gasteiger partial charge in [-0.3, -0.25) is 4.79 Å². The van der Waals surface area contributed by atoms with E-state index in [0.29, 0.717) is 12.0 Å². The van der Waals surface area contributed by atoms with E-state index in [1.807, 2.05) is 0 Å². The molecule has 0 aliphatic heterocycles. The van der Waals surface area contributed by atoms with Gasteiger partial charge in [-0.15, -0.1) is 0 Å². The molecule has 0 unspecified atom stereocenters. The van der Waals surface area contributed by atoms with E-state index in [4.69, 9.17) is 0 Å². The van der Waals surface area contributed by atoms with Gasteiger partial charge in [0.05, 0.1) is 6.54 Å². The molecular weight excluding hydrogens is 212 g/mol. The van der Waals surface area contributed by atoms with Gasteiger partial charge in [-0.05, 0) is 37.0 Å². The van der Waals surface area contributed by atoms with Crippen LogP contribution in [0.1, 0.15) is 51.9 Å². The van der Waals surface area contributed by atoms with E-state index < -0.39 is 0 Å². The zero-order valence-corrected chi connectivity index (χ0v) is 11.1. The molecule has 0 atom stereocenters. The summed E-state index contributed by atoms with van der Waals surface area (Å²) in [5.41, 5.74) is 0.426. The smallest absolute Gasteiger partial charge is 0.233 e. The molecule has 1 amide bonds. The first-order valence-corrected chi connectivity index (χ1v) is 7.15. The maximum absolute atomic E-state index is 11.5. The first-order valence-electron chi connectivity index (χ1n) is 7.15. The van der Waals surface area contributed by atoms with E-state index in [1.165, 1.54) is 44.9 Å². The Morgan fingerprint density at radius 1 is 1.24 bits per heavy atom. The van der Waals surface area contributed by atoms with Crippen molar-refractivity contribution >= 4 is 5.91 Å². The Morgan fingerprint density at radius 2 is 1.94 bits per heavy atom. The third kappa shape index (κ3) is 4.66. The predicted molar refractivity (Wildman–Crippen MR) is 69.8 cm³/mol. The molecule has 2 saturated carbocycles. The van der Waals surface area contributed by atoms with Crippen LogP contribution in [0.25, 0.3) is 0 Å². The second-order valence-electron chi connectivity index (χ2n) is 6.22. The minimum absolute atomic E-state index is 0.163. The van der Waals surface area contributed by atoms with Crippen LogP contribution in [0, 0.1) is 11.3 Å². The molecule has 0 saturated heterocycles. The van der Waals surface area contributed by atoms with Crippen molar-refractivity contribution in [1.29, 1.82) is 0 Å². The summed E-state index contributed by atoms with van der Waals surface area (Å²) in [6.07, 6.45) is 9.31. The molecule has 2 rings (SSSR count). The van der Waals surface area contributed by atoms with Crippen LogP contribution in [0.15, 0.2) is 0 Å². The predicted octanol–water partition coefficient (Wildman–Crippen LogP) is 2.07. The molecule has 0 spiro atoms. The van der Waals surface area contributed by atoms with Crippen molar-refractivity contribution in [3.63, 3.8) is 0 Å². The summed E-state index contributed by atoms with van der Waals surface area (Å²) >= 11 is 0. The third-order valence-corrected chi connectivity index (χ3v) is 4.18. The van der Waals surface area contributed by atoms with Crippen LogP contribution in [0.2, 0.25) is 0 Å². The quantitative estimate of drug-likeness (QED) is 0.744. The van der Waals surface area contributed by atoms with Crippen LogP contribution in [-0.2, 0) is 4.79 Å². The van der Waals surface area contributed by atoms with Gasteiger partial charge in [0.25, 0.3) is 0 Å². The number of hydrogen-bond donors (Lipinski definition) is 2. The van der Waals surface area contributed by atoms with E-state index >= 15 is 0 Å². The molecule has 0 aromatic carbocycles. The molecule has 2 fully saturated rings. The molecular formula is C14H26N2O. The maximum atomic E-state index is 11.5. The zero-order chi connectivity index (χ0) is 12.1. The van der Waals surface area contributed by atoms with Crippen LogP contribution < -0.4 is 10.6 Å². The van der Waals surface area contributed by atoms with Gasteiger partial charge in [0.15, 0.2) is 0 Å². The SMILES string of the molecule is CC1(CNCC(=O)NCC2CC2)CCCCC1. The van der Waals surface area contributed by atoms with E-state index in [-0.39, 0.29) is 5.91 Å². The molecule has 2 aliphatic carbocycles. The summed E-state index contributed by atoms with van der Waals surface area (Å²) in [4.78, 5) is 11.5. The average Bonchev–Trinajstić information content (AvgIpc) is 3.11. The van der Waals surface area contributed by atoms with Crippen molar-refractivity contribution in [2.24, 2.45) is 11.3 Å². The van der Waals surface area contributed by atoms with Crippen LogP contribution >= 0.6 is 0 Å². The van der Waals surface area contributed by atoms with Crippen molar-refractivity contribution in [1.82, 2.24) is 10.6 Å². The first kappa shape index (κ1) is 12.9. The monoisotopic (exact) mass is 238 g/mol. The molecule has 0 radical (unpaired) electrons. The highest BCUT2D eigenvalue weighted by molar-refractivity contribution is 5.77. The summed E-state index contributed by atoms with van der Waals surface area (Å²) in [6.45, 7) is 4.71. The second-order valence-corrected chi connectivity index (χ2v) is 6.22. The van der Waals surface area contributed by atoms with Gasteiger partial charge in [0.1, 0.15) is 0 Å². The van der Waals surface area contributed by atoms with Crippen LogP contribution in [0.5, 0.6) is 0 Å². The van der Waals surface area contributed by atoms with Crippen molar-refractivity contribution < 1.29 is 4.79 Å². The molecule has 98 valence electrons. The van der Waals surface area contributed by atoms with E-state index in [9.17, 15) is 4.79 Å². The van der Waals surface area contributed by atoms with Gasteiger partial charge in [-0.2, -0.15) is 0 Å². The lowest BCUT2D eigenvalue weighted by molar-refractivity contribution is -0.120. The Kier molecular flexibility index (Phi) is 4.43. The minimum Gasteiger partial charge on any atom is -0.355 e. The molecule has 2 aliphatic rings. The molecule has 0 aromatic rings. The lowest BCUT2D eigenvalue weighted by Crippen LogP contribution is -2.40. The van der Waals surface area contributed by atoms with Gasteiger partial charge < -0.3 is 10.6 Å². The molecule has 3 nitrogen and oxygen atoms in total. The Bertz CT molecular complexity index is 255. The van der Waals surface area contributed by atoms with Gasteiger partial charge in [-0.25, -0.2) is 0 Å². The van der Waals surface area contributed by atoms with Crippen molar-refractivity contribution in [2.45, 2.75) is 51.9 Å². The Morgan fingerprint density at radius 3 is 2.59 bits per heavy atom. The van der Waals surface area contributed by atoms with E-state index in [0.717, 1.165) is 19.0 Å². The minimum atomic E-state index is 0.163. The Hall–Kier alpha value is -0.570. The van der Waals surface area contributed by atoms with Crippen molar-refractivity contribution in [2.75, 3.05) is 19.6 Å². The number of nitrogens with one attached hydrogen (secondary N) is 2. The number of carbonyl (C=O) groups is 1. The van der Waals surface area contributed by atoms with Crippen molar-refractivity contribution in [3.8, 4) is 0 Å². The van der Waals surface area contributed by atoms with Gasteiger partial charge in [0, 0.05) is 13.1 Å². The molecule has 3 heteroatoms. The van der Waals surface area contributed by atoms with Crippen LogP contribution in [0.4, 0.5) is 0 Å². The fourth-order valence-electron chi connectivity index (χ4n) is 2.70. The number of amides is 1. The van der Waals surface area contributed by atoms with Gasteiger partial charge in [-0.1, -0.05) is 26.2 Å². The molecule has 0 bridgehead atoms. The van der Waals surface area contributed by atoms with E-state index in [1.54, 1.807) is 0 Å². The summed E-state index contributed by atoms with van der Waals surface area (Å²) in [6, 6.07) is 0. The average molecular weight is 238 g/mol. The summed E-state index contributed by atoms with van der Waals surface area (Å²) < 4.78 is 0. The third-order valence-electron chi connectivity index (χ3n) is 4.18. The molecule has 0 aromatic heterocycles. The van der Waals surface area contributed by atoms with Gasteiger partial charge in [0.2, 0.25) is 5.91 Å². The molecule has 17 heavy (non-hydrogen) atoms. The number of carbonyl (C=O) groups excluding carboxylic acids is 1. The lowest BCUT2D eigenvalue weighted by atomic mass is 9.76. The highest BCUT2D eigenvalue weighted by Gasteiger charge is 2.26. The van der Waals surface area contributed by atoms with Crippen molar-refractivity contribution in [3.05, 3.63) is 0 Å².